The summed E-state index contributed by atoms with van der Waals surface area (Å²) in [7, 11) is -0.497. The molecule has 2 heterocycles. The number of pyridine rings is 1. The highest BCUT2D eigenvalue weighted by Crippen LogP contribution is 2.36. The molecule has 1 saturated heterocycles. The zero-order valence-electron chi connectivity index (χ0n) is 12.7. The van der Waals surface area contributed by atoms with Crippen LogP contribution in [0.15, 0.2) is 18.3 Å². The van der Waals surface area contributed by atoms with Crippen molar-refractivity contribution >= 4 is 18.6 Å². The van der Waals surface area contributed by atoms with Crippen LogP contribution in [0.3, 0.4) is 0 Å². The molecule has 1 N–H and O–H groups in total. The lowest BCUT2D eigenvalue weighted by molar-refractivity contribution is 0.00578. The van der Waals surface area contributed by atoms with Gasteiger partial charge in [0.05, 0.1) is 22.4 Å². The minimum atomic E-state index is -0.497. The monoisotopic (exact) mass is 276 g/mol. The Kier molecular flexibility index (Phi) is 3.89. The van der Waals surface area contributed by atoms with Gasteiger partial charge in [0, 0.05) is 12.7 Å². The van der Waals surface area contributed by atoms with E-state index in [0.717, 1.165) is 0 Å². The van der Waals surface area contributed by atoms with E-state index in [4.69, 9.17) is 9.31 Å². The van der Waals surface area contributed by atoms with E-state index >= 15 is 0 Å². The lowest BCUT2D eigenvalue weighted by Crippen LogP contribution is -2.41. The first-order valence-corrected chi connectivity index (χ1v) is 6.86. The molecular formula is C14H21BN2O3. The van der Waals surface area contributed by atoms with Crippen molar-refractivity contribution in [1.82, 2.24) is 10.3 Å². The molecule has 1 amide bonds. The summed E-state index contributed by atoms with van der Waals surface area (Å²) in [6, 6.07) is 3.51. The molecule has 0 saturated carbocycles. The van der Waals surface area contributed by atoms with Gasteiger partial charge < -0.3 is 14.6 Å². The maximum Gasteiger partial charge on any atom is 0.514 e. The zero-order chi connectivity index (χ0) is 15.0. The summed E-state index contributed by atoms with van der Waals surface area (Å²) in [5.41, 5.74) is 0.429. The fourth-order valence-corrected chi connectivity index (χ4v) is 1.91. The Morgan fingerprint density at radius 3 is 2.30 bits per heavy atom. The van der Waals surface area contributed by atoms with Gasteiger partial charge in [-0.25, -0.2) is 0 Å². The van der Waals surface area contributed by atoms with E-state index in [1.165, 1.54) is 0 Å². The Morgan fingerprint density at radius 2 is 1.85 bits per heavy atom. The van der Waals surface area contributed by atoms with Gasteiger partial charge in [0.2, 0.25) is 0 Å². The molecule has 0 bridgehead atoms. The van der Waals surface area contributed by atoms with Crippen LogP contribution in [-0.4, -0.2) is 35.8 Å². The van der Waals surface area contributed by atoms with Crippen molar-refractivity contribution in [1.29, 1.82) is 0 Å². The number of carbonyl (C=O) groups excluding carboxylic acids is 1. The number of hydrogen-bond acceptors (Lipinski definition) is 4. The van der Waals surface area contributed by atoms with E-state index in [1.54, 1.807) is 18.3 Å². The van der Waals surface area contributed by atoms with Crippen LogP contribution in [0.25, 0.3) is 0 Å². The fourth-order valence-electron chi connectivity index (χ4n) is 1.91. The average Bonchev–Trinajstić information content (AvgIpc) is 2.59. The topological polar surface area (TPSA) is 60.5 Å². The summed E-state index contributed by atoms with van der Waals surface area (Å²) in [6.07, 6.45) is 1.55. The van der Waals surface area contributed by atoms with Crippen LogP contribution >= 0.6 is 0 Å². The highest BCUT2D eigenvalue weighted by molar-refractivity contribution is 6.61. The minimum absolute atomic E-state index is 0.125. The Balaban J connectivity index is 2.14. The van der Waals surface area contributed by atoms with Crippen molar-refractivity contribution in [3.63, 3.8) is 0 Å². The quantitative estimate of drug-likeness (QED) is 0.841. The van der Waals surface area contributed by atoms with Crippen molar-refractivity contribution in [3.8, 4) is 0 Å². The first-order chi connectivity index (χ1) is 9.27. The maximum absolute atomic E-state index is 11.7. The molecule has 1 fully saturated rings. The number of rotatable bonds is 3. The molecule has 6 heteroatoms. The van der Waals surface area contributed by atoms with Gasteiger partial charge in [-0.3, -0.25) is 9.78 Å². The lowest BCUT2D eigenvalue weighted by Gasteiger charge is -2.32. The fraction of sp³-hybridized carbons (Fsp3) is 0.571. The van der Waals surface area contributed by atoms with Crippen molar-refractivity contribution in [2.45, 2.75) is 45.8 Å². The molecule has 0 aliphatic carbocycles. The van der Waals surface area contributed by atoms with Gasteiger partial charge in [-0.1, -0.05) is 0 Å². The number of amides is 1. The molecule has 1 aromatic rings. The molecule has 5 nitrogen and oxygen atoms in total. The normalized spacial score (nSPS) is 19.9. The largest absolute Gasteiger partial charge is 0.514 e. The van der Waals surface area contributed by atoms with Gasteiger partial charge in [0.25, 0.3) is 5.91 Å². The molecule has 1 aliphatic rings. The summed E-state index contributed by atoms with van der Waals surface area (Å²) < 4.78 is 11.8. The van der Waals surface area contributed by atoms with Crippen LogP contribution in [-0.2, 0) is 9.31 Å². The van der Waals surface area contributed by atoms with Crippen LogP contribution in [0.2, 0.25) is 0 Å². The van der Waals surface area contributed by atoms with Crippen molar-refractivity contribution in [2.75, 3.05) is 6.54 Å². The van der Waals surface area contributed by atoms with E-state index in [9.17, 15) is 4.79 Å². The highest BCUT2D eigenvalue weighted by Gasteiger charge is 2.52. The summed E-state index contributed by atoms with van der Waals surface area (Å²) in [4.78, 5) is 16.0. The molecule has 20 heavy (non-hydrogen) atoms. The van der Waals surface area contributed by atoms with Crippen LogP contribution in [0.4, 0.5) is 0 Å². The van der Waals surface area contributed by atoms with Crippen molar-refractivity contribution in [2.24, 2.45) is 0 Å². The molecule has 0 spiro atoms. The molecule has 0 aromatic carbocycles. The average molecular weight is 276 g/mol. The van der Waals surface area contributed by atoms with E-state index in [-0.39, 0.29) is 5.91 Å². The molecule has 1 aromatic heterocycles. The second-order valence-electron chi connectivity index (χ2n) is 5.92. The predicted octanol–water partition coefficient (Wildman–Crippen LogP) is 1.13. The first kappa shape index (κ1) is 15.0. The van der Waals surface area contributed by atoms with Crippen LogP contribution < -0.4 is 10.9 Å². The van der Waals surface area contributed by atoms with Crippen molar-refractivity contribution in [3.05, 3.63) is 23.9 Å². The third-order valence-electron chi connectivity index (χ3n) is 3.88. The highest BCUT2D eigenvalue weighted by atomic mass is 16.7. The van der Waals surface area contributed by atoms with Gasteiger partial charge in [-0.15, -0.1) is 0 Å². The second-order valence-corrected chi connectivity index (χ2v) is 5.92. The van der Waals surface area contributed by atoms with E-state index in [2.05, 4.69) is 10.3 Å². The number of aromatic nitrogens is 1. The summed E-state index contributed by atoms with van der Waals surface area (Å²) in [6.45, 7) is 10.5. The van der Waals surface area contributed by atoms with Gasteiger partial charge in [0.15, 0.2) is 0 Å². The minimum Gasteiger partial charge on any atom is -0.398 e. The van der Waals surface area contributed by atoms with Gasteiger partial charge >= 0.3 is 7.12 Å². The Hall–Kier alpha value is -1.40. The number of nitrogens with zero attached hydrogens (tertiary/aromatic N) is 1. The molecule has 0 atom stereocenters. The van der Waals surface area contributed by atoms with Gasteiger partial charge in [-0.05, 0) is 46.8 Å². The van der Waals surface area contributed by atoms with E-state index < -0.39 is 18.3 Å². The SMILES string of the molecule is CCNC(=O)c1ccc(B2OC(C)(C)C(C)(C)O2)nc1. The molecule has 108 valence electrons. The maximum atomic E-state index is 11.7. The zero-order valence-corrected chi connectivity index (χ0v) is 12.7. The van der Waals surface area contributed by atoms with Crippen LogP contribution in [0.1, 0.15) is 45.0 Å². The second kappa shape index (κ2) is 5.18. The van der Waals surface area contributed by atoms with Gasteiger partial charge in [0.1, 0.15) is 0 Å². The third-order valence-corrected chi connectivity index (χ3v) is 3.88. The lowest BCUT2D eigenvalue weighted by atomic mass is 9.84. The first-order valence-electron chi connectivity index (χ1n) is 6.86. The molecular weight excluding hydrogens is 255 g/mol. The van der Waals surface area contributed by atoms with Crippen LogP contribution in [0, 0.1) is 0 Å². The predicted molar refractivity (Wildman–Crippen MR) is 78.0 cm³/mol. The molecule has 0 radical (unpaired) electrons. The van der Waals surface area contributed by atoms with E-state index in [1.807, 2.05) is 34.6 Å². The van der Waals surface area contributed by atoms with E-state index in [0.29, 0.717) is 17.7 Å². The molecule has 0 unspecified atom stereocenters. The standard InChI is InChI=1S/C14H21BN2O3/c1-6-16-12(18)10-7-8-11(17-9-10)15-19-13(2,3)14(4,5)20-15/h7-9H,6H2,1-5H3,(H,16,18). The smallest absolute Gasteiger partial charge is 0.398 e. The Morgan fingerprint density at radius 1 is 1.25 bits per heavy atom. The summed E-state index contributed by atoms with van der Waals surface area (Å²) in [5, 5.41) is 2.74. The number of carbonyl (C=O) groups is 1. The number of hydrogen-bond donors (Lipinski definition) is 1. The van der Waals surface area contributed by atoms with Gasteiger partial charge in [-0.2, -0.15) is 0 Å². The third kappa shape index (κ3) is 2.71. The number of nitrogens with one attached hydrogen (secondary N) is 1. The molecule has 2 rings (SSSR count). The summed E-state index contributed by atoms with van der Waals surface area (Å²) >= 11 is 0. The Bertz CT molecular complexity index is 484. The van der Waals surface area contributed by atoms with Crippen LogP contribution in [0.5, 0.6) is 0 Å². The van der Waals surface area contributed by atoms with Crippen molar-refractivity contribution < 1.29 is 14.1 Å². The Labute approximate surface area is 120 Å². The summed E-state index contributed by atoms with van der Waals surface area (Å²) in [5.74, 6) is -0.125. The molecule has 1 aliphatic heterocycles.